The van der Waals surface area contributed by atoms with Crippen LogP contribution in [0, 0.1) is 0 Å². The number of carboxylic acid groups (broad SMARTS) is 2. The van der Waals surface area contributed by atoms with Gasteiger partial charge in [-0.1, -0.05) is 19.1 Å². The molecule has 8 N–H and O–H groups in total. The first-order valence-electron chi connectivity index (χ1n) is 12.1. The van der Waals surface area contributed by atoms with E-state index in [-0.39, 0.29) is 43.7 Å². The molecule has 2 aromatic carbocycles. The molecule has 0 aliphatic rings. The van der Waals surface area contributed by atoms with E-state index in [1.54, 1.807) is 31.2 Å². The molecule has 10 heteroatoms. The molecule has 3 unspecified atom stereocenters. The van der Waals surface area contributed by atoms with Crippen molar-refractivity contribution in [2.24, 2.45) is 0 Å². The Labute approximate surface area is 210 Å². The van der Waals surface area contributed by atoms with E-state index in [1.165, 1.54) is 12.1 Å². The number of aliphatic carboxylic acids is 2. The van der Waals surface area contributed by atoms with Gasteiger partial charge in [-0.15, -0.1) is 0 Å². The summed E-state index contributed by atoms with van der Waals surface area (Å²) in [6.07, 6.45) is 0.481. The lowest BCUT2D eigenvalue weighted by atomic mass is 10.0. The summed E-state index contributed by atoms with van der Waals surface area (Å²) in [4.78, 5) is 24.9. The molecule has 2 rings (SSSR count). The molecule has 0 heterocycles. The summed E-state index contributed by atoms with van der Waals surface area (Å²) < 4.78 is 0. The molecule has 10 nitrogen and oxygen atoms in total. The minimum atomic E-state index is -0.996. The van der Waals surface area contributed by atoms with E-state index in [1.807, 2.05) is 6.92 Å². The molecule has 0 amide bonds. The van der Waals surface area contributed by atoms with Crippen molar-refractivity contribution in [2.45, 2.75) is 65.1 Å². The second-order valence-corrected chi connectivity index (χ2v) is 9.18. The lowest BCUT2D eigenvalue weighted by molar-refractivity contribution is -0.989. The summed E-state index contributed by atoms with van der Waals surface area (Å²) in [6.45, 7) is 4.36. The van der Waals surface area contributed by atoms with Crippen LogP contribution in [0.3, 0.4) is 0 Å². The second-order valence-electron chi connectivity index (χ2n) is 9.18. The van der Waals surface area contributed by atoms with Crippen molar-refractivity contribution in [1.82, 2.24) is 0 Å². The highest BCUT2D eigenvalue weighted by atomic mass is 16.4. The summed E-state index contributed by atoms with van der Waals surface area (Å²) in [6, 6.07) is 8.51. The first-order valence-corrected chi connectivity index (χ1v) is 12.1. The van der Waals surface area contributed by atoms with E-state index in [9.17, 15) is 40.2 Å². The average Bonchev–Trinajstić information content (AvgIpc) is 2.85. The number of hydrogen-bond acceptors (Lipinski definition) is 6. The quantitative estimate of drug-likeness (QED) is 0.157. The van der Waals surface area contributed by atoms with Crippen molar-refractivity contribution >= 4 is 11.9 Å². The summed E-state index contributed by atoms with van der Waals surface area (Å²) in [5.41, 5.74) is 2.29. The van der Waals surface area contributed by atoms with Gasteiger partial charge in [0, 0.05) is 11.1 Å². The number of aliphatic hydroxyl groups excluding tert-OH is 2. The van der Waals surface area contributed by atoms with E-state index in [0.29, 0.717) is 53.2 Å². The van der Waals surface area contributed by atoms with E-state index < -0.39 is 18.0 Å². The minimum Gasteiger partial charge on any atom is -0.507 e. The average molecular weight is 507 g/mol. The number of carbonyl (C=O) groups is 2. The Morgan fingerprint density at radius 1 is 0.833 bits per heavy atom. The fraction of sp³-hybridized carbons (Fsp3) is 0.462. The first kappa shape index (κ1) is 29.1. The zero-order valence-corrected chi connectivity index (χ0v) is 20.8. The van der Waals surface area contributed by atoms with Crippen molar-refractivity contribution in [3.8, 4) is 11.5 Å². The van der Waals surface area contributed by atoms with Crippen LogP contribution in [-0.4, -0.2) is 67.8 Å². The van der Waals surface area contributed by atoms with Gasteiger partial charge in [0.1, 0.15) is 37.7 Å². The van der Waals surface area contributed by atoms with Gasteiger partial charge in [-0.25, -0.2) is 4.79 Å². The molecule has 0 aliphatic heterocycles. The Kier molecular flexibility index (Phi) is 11.1. The predicted molar refractivity (Wildman–Crippen MR) is 131 cm³/mol. The second kappa shape index (κ2) is 13.8. The van der Waals surface area contributed by atoms with Crippen LogP contribution < -0.4 is 9.80 Å². The monoisotopic (exact) mass is 506 g/mol. The number of phenols is 2. The van der Waals surface area contributed by atoms with Gasteiger partial charge in [-0.2, -0.15) is 0 Å². The summed E-state index contributed by atoms with van der Waals surface area (Å²) >= 11 is 0. The smallest absolute Gasteiger partial charge is 0.362 e. The number of carboxylic acids is 2. The molecule has 0 aliphatic carbocycles. The van der Waals surface area contributed by atoms with Gasteiger partial charge in [-0.3, -0.25) is 4.79 Å². The Balaban J connectivity index is 2.32. The van der Waals surface area contributed by atoms with Gasteiger partial charge in [0.05, 0.1) is 25.7 Å². The molecular formula is C26H38N2O8+2. The zero-order chi connectivity index (χ0) is 26.8. The van der Waals surface area contributed by atoms with E-state index in [0.717, 1.165) is 4.90 Å². The number of rotatable bonds is 15. The maximum atomic E-state index is 11.8. The molecular weight excluding hydrogens is 468 g/mol. The minimum absolute atomic E-state index is 0.0242. The molecule has 0 spiro atoms. The van der Waals surface area contributed by atoms with Gasteiger partial charge in [0.2, 0.25) is 0 Å². The lowest BCUT2D eigenvalue weighted by Crippen LogP contribution is -3.22. The van der Waals surface area contributed by atoms with Gasteiger partial charge >= 0.3 is 11.9 Å². The van der Waals surface area contributed by atoms with Crippen LogP contribution in [0.2, 0.25) is 0 Å². The summed E-state index contributed by atoms with van der Waals surface area (Å²) in [7, 11) is 0. The molecule has 198 valence electrons. The molecule has 0 fully saturated rings. The summed E-state index contributed by atoms with van der Waals surface area (Å²) in [5.74, 6) is -1.91. The van der Waals surface area contributed by atoms with Crippen molar-refractivity contribution in [2.75, 3.05) is 13.1 Å². The van der Waals surface area contributed by atoms with Crippen LogP contribution in [0.25, 0.3) is 0 Å². The molecule has 0 aromatic heterocycles. The van der Waals surface area contributed by atoms with Crippen molar-refractivity contribution in [1.29, 1.82) is 0 Å². The number of aromatic hydroxyl groups is 2. The largest absolute Gasteiger partial charge is 0.507 e. The standard InChI is InChI=1S/C26H36N2O8/c1-3-22(12-25(33)34)28(14-21-10-18(15-29)5-7-23(21)31)9-8-27(17(2)26(35)36)13-20-6-4-19(16-30)11-24(20)32/h4-7,10-11,17,22,29-32H,3,8-9,12-16H2,1-2H3,(H,33,34)(H,35,36)/p+2/t17?,22-/m1/s1. The Morgan fingerprint density at radius 3 is 1.97 bits per heavy atom. The Bertz CT molecular complexity index is 1030. The molecule has 4 atom stereocenters. The normalized spacial score (nSPS) is 14.7. The fourth-order valence-electron chi connectivity index (χ4n) is 4.40. The van der Waals surface area contributed by atoms with Crippen molar-refractivity contribution in [3.05, 3.63) is 58.7 Å². The highest BCUT2D eigenvalue weighted by molar-refractivity contribution is 5.71. The number of hydrogen-bond donors (Lipinski definition) is 8. The van der Waals surface area contributed by atoms with Crippen molar-refractivity contribution < 1.29 is 50.0 Å². The zero-order valence-electron chi connectivity index (χ0n) is 20.8. The third kappa shape index (κ3) is 8.20. The van der Waals surface area contributed by atoms with Gasteiger partial charge in [0.15, 0.2) is 6.04 Å². The van der Waals surface area contributed by atoms with Crippen LogP contribution in [0.15, 0.2) is 36.4 Å². The van der Waals surface area contributed by atoms with Crippen LogP contribution in [0.5, 0.6) is 11.5 Å². The van der Waals surface area contributed by atoms with Crippen LogP contribution in [-0.2, 0) is 35.9 Å². The number of phenolic OH excluding ortho intramolecular Hbond substituents is 2. The molecule has 0 saturated carbocycles. The van der Waals surface area contributed by atoms with E-state index >= 15 is 0 Å². The molecule has 0 saturated heterocycles. The fourth-order valence-corrected chi connectivity index (χ4v) is 4.40. The molecule has 0 bridgehead atoms. The topological polar surface area (TPSA) is 164 Å². The van der Waals surface area contributed by atoms with Gasteiger partial charge in [-0.05, 0) is 48.7 Å². The first-order chi connectivity index (χ1) is 17.1. The van der Waals surface area contributed by atoms with Crippen LogP contribution in [0.1, 0.15) is 48.9 Å². The summed E-state index contributed by atoms with van der Waals surface area (Å²) in [5, 5.41) is 58.7. The molecule has 0 radical (unpaired) electrons. The lowest BCUT2D eigenvalue weighted by Gasteiger charge is -2.30. The third-order valence-electron chi connectivity index (χ3n) is 6.73. The third-order valence-corrected chi connectivity index (χ3v) is 6.73. The van der Waals surface area contributed by atoms with E-state index in [4.69, 9.17) is 0 Å². The number of aliphatic hydroxyl groups is 2. The highest BCUT2D eigenvalue weighted by Gasteiger charge is 2.30. The number of benzene rings is 2. The van der Waals surface area contributed by atoms with Gasteiger partial charge in [0.25, 0.3) is 0 Å². The highest BCUT2D eigenvalue weighted by Crippen LogP contribution is 2.19. The Hall–Kier alpha value is -3.18. The Morgan fingerprint density at radius 2 is 1.42 bits per heavy atom. The van der Waals surface area contributed by atoms with E-state index in [2.05, 4.69) is 0 Å². The number of quaternary nitrogens is 2. The maximum absolute atomic E-state index is 11.8. The maximum Gasteiger partial charge on any atom is 0.362 e. The number of nitrogens with one attached hydrogen (secondary N) is 2. The molecule has 36 heavy (non-hydrogen) atoms. The molecule has 2 aromatic rings. The van der Waals surface area contributed by atoms with Crippen molar-refractivity contribution in [3.63, 3.8) is 0 Å². The van der Waals surface area contributed by atoms with Crippen LogP contribution in [0.4, 0.5) is 0 Å². The SMILES string of the molecule is CC[C@H](CC(=O)O)[NH+](CC[NH+](Cc1ccc(CO)cc1O)C(C)C(=O)O)Cc1cc(CO)ccc1O. The van der Waals surface area contributed by atoms with Gasteiger partial charge < -0.3 is 40.4 Å². The predicted octanol–water partition coefficient (Wildman–Crippen LogP) is -0.721. The van der Waals surface area contributed by atoms with Crippen LogP contribution >= 0.6 is 0 Å².